The minimum absolute atomic E-state index is 0.466. The van der Waals surface area contributed by atoms with Crippen molar-refractivity contribution in [2.24, 2.45) is 5.92 Å². The number of methoxy groups -OCH3 is 1. The van der Waals surface area contributed by atoms with Gasteiger partial charge in [0, 0.05) is 18.9 Å². The fraction of sp³-hybridized carbons (Fsp3) is 0.636. The second-order valence-electron chi connectivity index (χ2n) is 3.89. The van der Waals surface area contributed by atoms with Crippen LogP contribution in [0.3, 0.4) is 0 Å². The van der Waals surface area contributed by atoms with Gasteiger partial charge in [0.2, 0.25) is 5.88 Å². The highest BCUT2D eigenvalue weighted by atomic mass is 16.5. The SMILES string of the molecule is COc1nccnc1COC[C@H]1CCNC1. The zero-order chi connectivity index (χ0) is 11.2. The van der Waals surface area contributed by atoms with Crippen LogP contribution in [-0.2, 0) is 11.3 Å². The van der Waals surface area contributed by atoms with Crippen molar-refractivity contribution < 1.29 is 9.47 Å². The number of rotatable bonds is 5. The zero-order valence-electron chi connectivity index (χ0n) is 9.48. The molecule has 0 amide bonds. The molecule has 1 aliphatic heterocycles. The van der Waals surface area contributed by atoms with Crippen LogP contribution in [0.4, 0.5) is 0 Å². The van der Waals surface area contributed by atoms with E-state index in [9.17, 15) is 0 Å². The maximum absolute atomic E-state index is 5.62. The van der Waals surface area contributed by atoms with E-state index in [-0.39, 0.29) is 0 Å². The van der Waals surface area contributed by atoms with Crippen LogP contribution in [0.25, 0.3) is 0 Å². The van der Waals surface area contributed by atoms with Gasteiger partial charge in [-0.2, -0.15) is 0 Å². The van der Waals surface area contributed by atoms with Gasteiger partial charge in [0.25, 0.3) is 0 Å². The van der Waals surface area contributed by atoms with Gasteiger partial charge in [-0.1, -0.05) is 0 Å². The van der Waals surface area contributed by atoms with Crippen molar-refractivity contribution in [1.29, 1.82) is 0 Å². The molecule has 0 aromatic carbocycles. The van der Waals surface area contributed by atoms with E-state index in [1.165, 1.54) is 6.42 Å². The van der Waals surface area contributed by atoms with Crippen LogP contribution in [0.5, 0.6) is 5.88 Å². The van der Waals surface area contributed by atoms with E-state index in [0.29, 0.717) is 18.4 Å². The van der Waals surface area contributed by atoms with Crippen LogP contribution in [0.2, 0.25) is 0 Å². The Hall–Kier alpha value is -1.20. The highest BCUT2D eigenvalue weighted by molar-refractivity contribution is 5.15. The first-order valence-electron chi connectivity index (χ1n) is 5.52. The fourth-order valence-electron chi connectivity index (χ4n) is 1.80. The maximum atomic E-state index is 5.62. The van der Waals surface area contributed by atoms with E-state index in [1.54, 1.807) is 19.5 Å². The molecule has 5 nitrogen and oxygen atoms in total. The van der Waals surface area contributed by atoms with E-state index >= 15 is 0 Å². The molecule has 0 radical (unpaired) electrons. The van der Waals surface area contributed by atoms with Gasteiger partial charge in [-0.15, -0.1) is 0 Å². The minimum Gasteiger partial charge on any atom is -0.480 e. The van der Waals surface area contributed by atoms with Crippen molar-refractivity contribution in [2.45, 2.75) is 13.0 Å². The molecule has 1 aliphatic rings. The number of nitrogens with one attached hydrogen (secondary N) is 1. The predicted molar refractivity (Wildman–Crippen MR) is 59.2 cm³/mol. The number of nitrogens with zero attached hydrogens (tertiary/aromatic N) is 2. The zero-order valence-corrected chi connectivity index (χ0v) is 9.48. The van der Waals surface area contributed by atoms with Crippen LogP contribution in [0.15, 0.2) is 12.4 Å². The predicted octanol–water partition coefficient (Wildman–Crippen LogP) is 0.611. The minimum atomic E-state index is 0.466. The second kappa shape index (κ2) is 5.77. The Kier molecular flexibility index (Phi) is 4.07. The molecule has 88 valence electrons. The summed E-state index contributed by atoms with van der Waals surface area (Å²) in [4.78, 5) is 8.26. The standard InChI is InChI=1S/C11H17N3O2/c1-15-11-10(13-4-5-14-11)8-16-7-9-2-3-12-6-9/h4-5,9,12H,2-3,6-8H2,1H3/t9-/m0/s1. The second-order valence-corrected chi connectivity index (χ2v) is 3.89. The van der Waals surface area contributed by atoms with E-state index in [0.717, 1.165) is 25.4 Å². The van der Waals surface area contributed by atoms with Gasteiger partial charge >= 0.3 is 0 Å². The van der Waals surface area contributed by atoms with Crippen molar-refractivity contribution in [2.75, 3.05) is 26.8 Å². The molecule has 0 spiro atoms. The maximum Gasteiger partial charge on any atom is 0.237 e. The van der Waals surface area contributed by atoms with Crippen LogP contribution in [0, 0.1) is 5.92 Å². The summed E-state index contributed by atoms with van der Waals surface area (Å²) in [5.74, 6) is 1.18. The van der Waals surface area contributed by atoms with Gasteiger partial charge in [-0.25, -0.2) is 4.98 Å². The van der Waals surface area contributed by atoms with E-state index in [4.69, 9.17) is 9.47 Å². The average Bonchev–Trinajstić information content (AvgIpc) is 2.83. The summed E-state index contributed by atoms with van der Waals surface area (Å²) in [6.07, 6.45) is 4.46. The molecule has 16 heavy (non-hydrogen) atoms. The topological polar surface area (TPSA) is 56.3 Å². The van der Waals surface area contributed by atoms with Crippen molar-refractivity contribution in [3.63, 3.8) is 0 Å². The summed E-state index contributed by atoms with van der Waals surface area (Å²) in [5.41, 5.74) is 0.760. The van der Waals surface area contributed by atoms with Crippen molar-refractivity contribution >= 4 is 0 Å². The van der Waals surface area contributed by atoms with Crippen LogP contribution in [-0.4, -0.2) is 36.8 Å². The highest BCUT2D eigenvalue weighted by Gasteiger charge is 2.14. The summed E-state index contributed by atoms with van der Waals surface area (Å²) in [7, 11) is 1.59. The Morgan fingerprint density at radius 1 is 1.44 bits per heavy atom. The molecule has 0 bridgehead atoms. The fourth-order valence-corrected chi connectivity index (χ4v) is 1.80. The van der Waals surface area contributed by atoms with Gasteiger partial charge in [0.15, 0.2) is 0 Å². The van der Waals surface area contributed by atoms with Gasteiger partial charge in [0.05, 0.1) is 20.3 Å². The molecule has 1 aromatic heterocycles. The van der Waals surface area contributed by atoms with Crippen LogP contribution >= 0.6 is 0 Å². The molecule has 1 fully saturated rings. The molecule has 1 aromatic rings. The van der Waals surface area contributed by atoms with Crippen LogP contribution < -0.4 is 10.1 Å². The Morgan fingerprint density at radius 2 is 2.31 bits per heavy atom. The van der Waals surface area contributed by atoms with E-state index in [1.807, 2.05) is 0 Å². The lowest BCUT2D eigenvalue weighted by Crippen LogP contribution is -2.14. The molecule has 2 heterocycles. The van der Waals surface area contributed by atoms with Gasteiger partial charge < -0.3 is 14.8 Å². The molecule has 0 aliphatic carbocycles. The smallest absolute Gasteiger partial charge is 0.237 e. The Labute approximate surface area is 95.2 Å². The number of hydrogen-bond acceptors (Lipinski definition) is 5. The molecule has 2 rings (SSSR count). The summed E-state index contributed by atoms with van der Waals surface area (Å²) in [6, 6.07) is 0. The lowest BCUT2D eigenvalue weighted by atomic mass is 10.1. The molecular weight excluding hydrogens is 206 g/mol. The third-order valence-electron chi connectivity index (χ3n) is 2.68. The molecule has 5 heteroatoms. The van der Waals surface area contributed by atoms with Crippen LogP contribution in [0.1, 0.15) is 12.1 Å². The lowest BCUT2D eigenvalue weighted by Gasteiger charge is -2.10. The van der Waals surface area contributed by atoms with E-state index in [2.05, 4.69) is 15.3 Å². The van der Waals surface area contributed by atoms with E-state index < -0.39 is 0 Å². The first-order chi connectivity index (χ1) is 7.90. The molecular formula is C11H17N3O2. The van der Waals surface area contributed by atoms with Gasteiger partial charge in [-0.05, 0) is 18.9 Å². The number of aromatic nitrogens is 2. The Bertz CT molecular complexity index is 327. The molecule has 1 saturated heterocycles. The number of ether oxygens (including phenoxy) is 2. The monoisotopic (exact) mass is 223 g/mol. The van der Waals surface area contributed by atoms with Gasteiger partial charge in [0.1, 0.15) is 5.69 Å². The quantitative estimate of drug-likeness (QED) is 0.792. The average molecular weight is 223 g/mol. The van der Waals surface area contributed by atoms with Gasteiger partial charge in [-0.3, -0.25) is 4.98 Å². The van der Waals surface area contributed by atoms with Crippen molar-refractivity contribution in [3.05, 3.63) is 18.1 Å². The Morgan fingerprint density at radius 3 is 3.06 bits per heavy atom. The highest BCUT2D eigenvalue weighted by Crippen LogP contribution is 2.13. The Balaban J connectivity index is 1.79. The number of hydrogen-bond donors (Lipinski definition) is 1. The molecule has 0 saturated carbocycles. The summed E-state index contributed by atoms with van der Waals surface area (Å²) >= 11 is 0. The lowest BCUT2D eigenvalue weighted by molar-refractivity contribution is 0.0882. The summed E-state index contributed by atoms with van der Waals surface area (Å²) < 4.78 is 10.7. The summed E-state index contributed by atoms with van der Waals surface area (Å²) in [6.45, 7) is 3.39. The van der Waals surface area contributed by atoms with Crippen molar-refractivity contribution in [1.82, 2.24) is 15.3 Å². The first kappa shape index (κ1) is 11.3. The first-order valence-corrected chi connectivity index (χ1v) is 5.52. The summed E-state index contributed by atoms with van der Waals surface area (Å²) in [5, 5.41) is 3.31. The largest absolute Gasteiger partial charge is 0.480 e. The van der Waals surface area contributed by atoms with Crippen molar-refractivity contribution in [3.8, 4) is 5.88 Å². The normalized spacial score (nSPS) is 19.9. The molecule has 0 unspecified atom stereocenters. The molecule has 1 atom stereocenters. The molecule has 1 N–H and O–H groups in total. The third kappa shape index (κ3) is 2.90. The third-order valence-corrected chi connectivity index (χ3v) is 2.68.